The van der Waals surface area contributed by atoms with Gasteiger partial charge in [0.05, 0.1) is 16.9 Å². The van der Waals surface area contributed by atoms with Gasteiger partial charge in [0.25, 0.3) is 0 Å². The van der Waals surface area contributed by atoms with E-state index in [1.165, 1.54) is 23.2 Å². The SMILES string of the molecule is O=C(O)[C@@H]1CN(c2ccc(Cl)cn2)C[C@H]1C(F)(F)F. The van der Waals surface area contributed by atoms with Gasteiger partial charge in [-0.05, 0) is 12.1 Å². The molecule has 4 nitrogen and oxygen atoms in total. The smallest absolute Gasteiger partial charge is 0.394 e. The van der Waals surface area contributed by atoms with Gasteiger partial charge in [0.2, 0.25) is 0 Å². The minimum Gasteiger partial charge on any atom is -0.481 e. The fourth-order valence-electron chi connectivity index (χ4n) is 2.13. The fourth-order valence-corrected chi connectivity index (χ4v) is 2.24. The largest absolute Gasteiger partial charge is 0.481 e. The summed E-state index contributed by atoms with van der Waals surface area (Å²) in [5, 5.41) is 9.25. The van der Waals surface area contributed by atoms with Gasteiger partial charge in [0.15, 0.2) is 0 Å². The summed E-state index contributed by atoms with van der Waals surface area (Å²) < 4.78 is 38.4. The number of nitrogens with zero attached hydrogens (tertiary/aromatic N) is 2. The van der Waals surface area contributed by atoms with Crippen LogP contribution in [0.2, 0.25) is 5.02 Å². The average Bonchev–Trinajstić information content (AvgIpc) is 2.74. The molecule has 0 aliphatic carbocycles. The average molecular weight is 295 g/mol. The number of aliphatic carboxylic acids is 1. The molecule has 1 aromatic heterocycles. The summed E-state index contributed by atoms with van der Waals surface area (Å²) in [6.07, 6.45) is -3.22. The molecule has 0 unspecified atom stereocenters. The normalized spacial score (nSPS) is 23.7. The molecule has 1 N–H and O–H groups in total. The number of hydrogen-bond donors (Lipinski definition) is 1. The number of carbonyl (C=O) groups is 1. The maximum atomic E-state index is 12.8. The van der Waals surface area contributed by atoms with Crippen LogP contribution in [-0.4, -0.2) is 35.3 Å². The molecule has 0 amide bonds. The molecular formula is C11H10ClF3N2O2. The second-order valence-corrected chi connectivity index (χ2v) is 4.77. The third-order valence-electron chi connectivity index (χ3n) is 3.09. The van der Waals surface area contributed by atoms with Crippen LogP contribution in [0.4, 0.5) is 19.0 Å². The molecule has 8 heteroatoms. The standard InChI is InChI=1S/C11H10ClF3N2O2/c12-6-1-2-9(16-3-6)17-4-7(10(18)19)8(5-17)11(13,14)15/h1-3,7-8H,4-5H2,(H,18,19)/t7-,8-/m1/s1. The molecule has 2 atom stereocenters. The lowest BCUT2D eigenvalue weighted by Crippen LogP contribution is -2.33. The fraction of sp³-hybridized carbons (Fsp3) is 0.455. The van der Waals surface area contributed by atoms with E-state index in [9.17, 15) is 18.0 Å². The minimum absolute atomic E-state index is 0.214. The summed E-state index contributed by atoms with van der Waals surface area (Å²) in [6.45, 7) is -0.622. The van der Waals surface area contributed by atoms with Crippen LogP contribution in [0.25, 0.3) is 0 Å². The van der Waals surface area contributed by atoms with E-state index in [0.717, 1.165) is 0 Å². The van der Waals surface area contributed by atoms with E-state index in [4.69, 9.17) is 16.7 Å². The maximum Gasteiger partial charge on any atom is 0.394 e. The number of pyridine rings is 1. The lowest BCUT2D eigenvalue weighted by molar-refractivity contribution is -0.187. The molecule has 1 aromatic rings. The van der Waals surface area contributed by atoms with Crippen LogP contribution in [0, 0.1) is 11.8 Å². The van der Waals surface area contributed by atoms with E-state index in [1.807, 2.05) is 0 Å². The number of hydrogen-bond acceptors (Lipinski definition) is 3. The van der Waals surface area contributed by atoms with Crippen molar-refractivity contribution in [3.8, 4) is 0 Å². The Morgan fingerprint density at radius 2 is 2.11 bits per heavy atom. The molecule has 0 spiro atoms. The van der Waals surface area contributed by atoms with Crippen LogP contribution in [0.1, 0.15) is 0 Å². The quantitative estimate of drug-likeness (QED) is 0.910. The van der Waals surface area contributed by atoms with Crippen LogP contribution in [0.15, 0.2) is 18.3 Å². The molecule has 0 saturated carbocycles. The van der Waals surface area contributed by atoms with Crippen LogP contribution in [0.3, 0.4) is 0 Å². The van der Waals surface area contributed by atoms with E-state index in [1.54, 1.807) is 0 Å². The molecule has 1 aliphatic heterocycles. The van der Waals surface area contributed by atoms with Crippen molar-refractivity contribution in [3.63, 3.8) is 0 Å². The predicted octanol–water partition coefficient (Wildman–Crippen LogP) is 2.43. The van der Waals surface area contributed by atoms with Crippen molar-refractivity contribution in [2.75, 3.05) is 18.0 Å². The molecule has 104 valence electrons. The van der Waals surface area contributed by atoms with Crippen LogP contribution >= 0.6 is 11.6 Å². The van der Waals surface area contributed by atoms with E-state index in [0.29, 0.717) is 10.8 Å². The van der Waals surface area contributed by atoms with Crippen LogP contribution < -0.4 is 4.90 Å². The summed E-state index contributed by atoms with van der Waals surface area (Å²) in [5.74, 6) is -4.51. The van der Waals surface area contributed by atoms with E-state index in [-0.39, 0.29) is 6.54 Å². The molecule has 1 aliphatic rings. The molecular weight excluding hydrogens is 285 g/mol. The van der Waals surface area contributed by atoms with Crippen molar-refractivity contribution in [2.24, 2.45) is 11.8 Å². The molecule has 0 radical (unpaired) electrons. The van der Waals surface area contributed by atoms with Gasteiger partial charge >= 0.3 is 12.1 Å². The molecule has 0 bridgehead atoms. The predicted molar refractivity (Wildman–Crippen MR) is 62.1 cm³/mol. The number of rotatable bonds is 2. The minimum atomic E-state index is -4.54. The van der Waals surface area contributed by atoms with E-state index >= 15 is 0 Å². The first-order valence-corrected chi connectivity index (χ1v) is 5.83. The van der Waals surface area contributed by atoms with Gasteiger partial charge < -0.3 is 10.0 Å². The van der Waals surface area contributed by atoms with Crippen LogP contribution in [-0.2, 0) is 4.79 Å². The van der Waals surface area contributed by atoms with Gasteiger partial charge in [-0.2, -0.15) is 13.2 Å². The summed E-state index contributed by atoms with van der Waals surface area (Å²) in [5.41, 5.74) is 0. The first kappa shape index (κ1) is 13.9. The number of carboxylic acid groups (broad SMARTS) is 1. The topological polar surface area (TPSA) is 53.4 Å². The highest BCUT2D eigenvalue weighted by Crippen LogP contribution is 2.39. The Labute approximate surface area is 111 Å². The van der Waals surface area contributed by atoms with Gasteiger partial charge in [-0.3, -0.25) is 4.79 Å². The zero-order valence-electron chi connectivity index (χ0n) is 9.56. The summed E-state index contributed by atoms with van der Waals surface area (Å²) in [6, 6.07) is 2.97. The molecule has 1 fully saturated rings. The zero-order chi connectivity index (χ0) is 14.2. The summed E-state index contributed by atoms with van der Waals surface area (Å²) in [4.78, 5) is 16.1. The maximum absolute atomic E-state index is 12.8. The van der Waals surface area contributed by atoms with Gasteiger partial charge in [0.1, 0.15) is 5.82 Å². The Morgan fingerprint density at radius 1 is 1.42 bits per heavy atom. The van der Waals surface area contributed by atoms with Crippen molar-refractivity contribution in [1.82, 2.24) is 4.98 Å². The molecule has 19 heavy (non-hydrogen) atoms. The first-order chi connectivity index (χ1) is 8.79. The highest BCUT2D eigenvalue weighted by Gasteiger charge is 2.52. The second-order valence-electron chi connectivity index (χ2n) is 4.33. The Hall–Kier alpha value is -1.50. The van der Waals surface area contributed by atoms with E-state index in [2.05, 4.69) is 4.98 Å². The molecule has 0 aromatic carbocycles. The van der Waals surface area contributed by atoms with Crippen molar-refractivity contribution in [1.29, 1.82) is 0 Å². The Balaban J connectivity index is 2.23. The zero-order valence-corrected chi connectivity index (χ0v) is 10.3. The summed E-state index contributed by atoms with van der Waals surface area (Å²) >= 11 is 5.64. The molecule has 2 rings (SSSR count). The number of anilines is 1. The molecule has 1 saturated heterocycles. The lowest BCUT2D eigenvalue weighted by atomic mass is 9.96. The first-order valence-electron chi connectivity index (χ1n) is 5.45. The second kappa shape index (κ2) is 4.88. The van der Waals surface area contributed by atoms with Gasteiger partial charge in [-0.15, -0.1) is 0 Å². The third-order valence-corrected chi connectivity index (χ3v) is 3.32. The number of carboxylic acids is 1. The highest BCUT2D eigenvalue weighted by atomic mass is 35.5. The number of aromatic nitrogens is 1. The Kier molecular flexibility index (Phi) is 3.58. The molecule has 2 heterocycles. The lowest BCUT2D eigenvalue weighted by Gasteiger charge is -2.18. The Morgan fingerprint density at radius 3 is 2.53 bits per heavy atom. The summed E-state index contributed by atoms with van der Waals surface area (Å²) in [7, 11) is 0. The van der Waals surface area contributed by atoms with E-state index < -0.39 is 30.5 Å². The number of alkyl halides is 3. The van der Waals surface area contributed by atoms with Gasteiger partial charge in [-0.25, -0.2) is 4.98 Å². The highest BCUT2D eigenvalue weighted by molar-refractivity contribution is 6.30. The van der Waals surface area contributed by atoms with Crippen molar-refractivity contribution < 1.29 is 23.1 Å². The monoisotopic (exact) mass is 294 g/mol. The Bertz CT molecular complexity index is 478. The third kappa shape index (κ3) is 2.91. The van der Waals surface area contributed by atoms with Crippen molar-refractivity contribution >= 4 is 23.4 Å². The van der Waals surface area contributed by atoms with Crippen molar-refractivity contribution in [2.45, 2.75) is 6.18 Å². The van der Waals surface area contributed by atoms with Gasteiger partial charge in [0, 0.05) is 19.3 Å². The van der Waals surface area contributed by atoms with Crippen LogP contribution in [0.5, 0.6) is 0 Å². The number of halogens is 4. The van der Waals surface area contributed by atoms with Crippen molar-refractivity contribution in [3.05, 3.63) is 23.4 Å². The van der Waals surface area contributed by atoms with Gasteiger partial charge in [-0.1, -0.05) is 11.6 Å².